The van der Waals surface area contributed by atoms with Crippen LogP contribution in [-0.2, 0) is 21.8 Å². The number of ether oxygens (including phenoxy) is 1. The summed E-state index contributed by atoms with van der Waals surface area (Å²) in [4.78, 5) is 11.3. The second-order valence-electron chi connectivity index (χ2n) is 5.14. The minimum atomic E-state index is -0.0904. The highest BCUT2D eigenvalue weighted by Gasteiger charge is 2.44. The third kappa shape index (κ3) is 4.28. The number of esters is 1. The smallest absolute Gasteiger partial charge is 0.306 e. The maximum Gasteiger partial charge on any atom is 0.306 e. The van der Waals surface area contributed by atoms with E-state index in [1.54, 1.807) is 0 Å². The SMILES string of the molecule is CNCc1ccc(CSCC2(CC(=O)OC)CC2)o1. The van der Waals surface area contributed by atoms with Gasteiger partial charge in [0, 0.05) is 0 Å². The zero-order valence-electron chi connectivity index (χ0n) is 11.5. The molecule has 1 aromatic heterocycles. The van der Waals surface area contributed by atoms with Gasteiger partial charge in [-0.3, -0.25) is 4.79 Å². The van der Waals surface area contributed by atoms with Gasteiger partial charge in [0.15, 0.2) is 0 Å². The summed E-state index contributed by atoms with van der Waals surface area (Å²) in [7, 11) is 3.36. The Hall–Kier alpha value is -0.940. The predicted octanol–water partition coefficient (Wildman–Crippen LogP) is 2.58. The number of methoxy groups -OCH3 is 1. The summed E-state index contributed by atoms with van der Waals surface area (Å²) < 4.78 is 10.4. The number of hydrogen-bond acceptors (Lipinski definition) is 5. The fraction of sp³-hybridized carbons (Fsp3) is 0.643. The third-order valence-corrected chi connectivity index (χ3v) is 4.73. The summed E-state index contributed by atoms with van der Waals surface area (Å²) in [6.45, 7) is 0.761. The number of carbonyl (C=O) groups is 1. The molecule has 0 bridgehead atoms. The molecule has 0 unspecified atom stereocenters. The highest BCUT2D eigenvalue weighted by Crippen LogP contribution is 2.51. The van der Waals surface area contributed by atoms with Crippen molar-refractivity contribution in [2.24, 2.45) is 5.41 Å². The van der Waals surface area contributed by atoms with Gasteiger partial charge in [0.2, 0.25) is 0 Å². The van der Waals surface area contributed by atoms with E-state index in [-0.39, 0.29) is 11.4 Å². The molecule has 0 aromatic carbocycles. The first-order valence-electron chi connectivity index (χ1n) is 6.54. The van der Waals surface area contributed by atoms with Crippen molar-refractivity contribution < 1.29 is 13.9 Å². The fourth-order valence-corrected chi connectivity index (χ4v) is 3.35. The average Bonchev–Trinajstić information content (AvgIpc) is 3.00. The molecule has 1 aliphatic carbocycles. The van der Waals surface area contributed by atoms with E-state index in [0.717, 1.165) is 42.4 Å². The molecule has 0 aliphatic heterocycles. The molecule has 1 heterocycles. The molecular weight excluding hydrogens is 262 g/mol. The monoisotopic (exact) mass is 283 g/mol. The van der Waals surface area contributed by atoms with Crippen LogP contribution in [0, 0.1) is 5.41 Å². The highest BCUT2D eigenvalue weighted by molar-refractivity contribution is 7.98. The van der Waals surface area contributed by atoms with Gasteiger partial charge in [-0.25, -0.2) is 0 Å². The number of furan rings is 1. The standard InChI is InChI=1S/C14H21NO3S/c1-15-8-11-3-4-12(18-11)9-19-10-14(5-6-14)7-13(16)17-2/h3-4,15H,5-10H2,1-2H3. The van der Waals surface area contributed by atoms with Crippen LogP contribution in [0.25, 0.3) is 0 Å². The van der Waals surface area contributed by atoms with E-state index in [1.165, 1.54) is 7.11 Å². The second-order valence-corrected chi connectivity index (χ2v) is 6.13. The van der Waals surface area contributed by atoms with Crippen molar-refractivity contribution >= 4 is 17.7 Å². The molecule has 106 valence electrons. The van der Waals surface area contributed by atoms with Crippen molar-refractivity contribution in [3.8, 4) is 0 Å². The second kappa shape index (κ2) is 6.48. The molecule has 1 aliphatic rings. The van der Waals surface area contributed by atoms with E-state index in [4.69, 9.17) is 9.15 Å². The lowest BCUT2D eigenvalue weighted by molar-refractivity contribution is -0.141. The Morgan fingerprint density at radius 3 is 2.84 bits per heavy atom. The van der Waals surface area contributed by atoms with Crippen LogP contribution in [0.5, 0.6) is 0 Å². The number of hydrogen-bond donors (Lipinski definition) is 1. The van der Waals surface area contributed by atoms with Crippen LogP contribution >= 0.6 is 11.8 Å². The molecule has 0 atom stereocenters. The van der Waals surface area contributed by atoms with Crippen LogP contribution in [0.1, 0.15) is 30.8 Å². The van der Waals surface area contributed by atoms with Crippen LogP contribution in [0.15, 0.2) is 16.5 Å². The van der Waals surface area contributed by atoms with Crippen molar-refractivity contribution in [1.29, 1.82) is 0 Å². The maximum absolute atomic E-state index is 11.3. The Labute approximate surface area is 118 Å². The lowest BCUT2D eigenvalue weighted by Crippen LogP contribution is -2.13. The van der Waals surface area contributed by atoms with Crippen molar-refractivity contribution in [3.05, 3.63) is 23.7 Å². The fourth-order valence-electron chi connectivity index (χ4n) is 2.06. The van der Waals surface area contributed by atoms with Gasteiger partial charge in [-0.1, -0.05) is 0 Å². The summed E-state index contributed by atoms with van der Waals surface area (Å²) in [5.74, 6) is 3.75. The summed E-state index contributed by atoms with van der Waals surface area (Å²) in [6, 6.07) is 4.04. The zero-order chi connectivity index (χ0) is 13.7. The summed E-state index contributed by atoms with van der Waals surface area (Å²) >= 11 is 1.84. The van der Waals surface area contributed by atoms with Crippen molar-refractivity contribution in [3.63, 3.8) is 0 Å². The molecule has 4 nitrogen and oxygen atoms in total. The number of thioether (sulfide) groups is 1. The molecule has 0 saturated heterocycles. The first-order valence-corrected chi connectivity index (χ1v) is 7.70. The third-order valence-electron chi connectivity index (χ3n) is 3.42. The molecule has 0 amide bonds. The summed E-state index contributed by atoms with van der Waals surface area (Å²) in [6.07, 6.45) is 2.83. The van der Waals surface area contributed by atoms with Crippen molar-refractivity contribution in [1.82, 2.24) is 5.32 Å². The summed E-state index contributed by atoms with van der Waals surface area (Å²) in [5, 5.41) is 3.06. The Morgan fingerprint density at radius 1 is 1.47 bits per heavy atom. The normalized spacial score (nSPS) is 16.3. The molecule has 1 saturated carbocycles. The molecule has 1 aromatic rings. The Kier molecular flexibility index (Phi) is 4.93. The summed E-state index contributed by atoms with van der Waals surface area (Å²) in [5.41, 5.74) is 0.193. The van der Waals surface area contributed by atoms with Gasteiger partial charge in [0.25, 0.3) is 0 Å². The average molecular weight is 283 g/mol. The molecule has 5 heteroatoms. The Bertz CT molecular complexity index is 426. The number of rotatable bonds is 8. The predicted molar refractivity (Wildman–Crippen MR) is 75.9 cm³/mol. The number of nitrogens with one attached hydrogen (secondary N) is 1. The van der Waals surface area contributed by atoms with Gasteiger partial charge in [-0.2, -0.15) is 11.8 Å². The van der Waals surface area contributed by atoms with E-state index in [9.17, 15) is 4.79 Å². The van der Waals surface area contributed by atoms with Crippen LogP contribution in [0.4, 0.5) is 0 Å². The van der Waals surface area contributed by atoms with E-state index < -0.39 is 0 Å². The molecular formula is C14H21NO3S. The number of carbonyl (C=O) groups excluding carboxylic acids is 1. The van der Waals surface area contributed by atoms with Crippen LogP contribution in [-0.4, -0.2) is 25.9 Å². The first-order chi connectivity index (χ1) is 9.17. The van der Waals surface area contributed by atoms with E-state index in [2.05, 4.69) is 5.32 Å². The van der Waals surface area contributed by atoms with Crippen molar-refractivity contribution in [2.45, 2.75) is 31.6 Å². The van der Waals surface area contributed by atoms with Gasteiger partial charge in [0.1, 0.15) is 11.5 Å². The molecule has 0 spiro atoms. The first kappa shape index (κ1) is 14.5. The zero-order valence-corrected chi connectivity index (χ0v) is 12.3. The van der Waals surface area contributed by atoms with Gasteiger partial charge >= 0.3 is 5.97 Å². The van der Waals surface area contributed by atoms with Gasteiger partial charge < -0.3 is 14.5 Å². The lowest BCUT2D eigenvalue weighted by atomic mass is 10.1. The molecule has 19 heavy (non-hydrogen) atoms. The topological polar surface area (TPSA) is 51.5 Å². The van der Waals surface area contributed by atoms with E-state index >= 15 is 0 Å². The van der Waals surface area contributed by atoms with Crippen LogP contribution in [0.2, 0.25) is 0 Å². The highest BCUT2D eigenvalue weighted by atomic mass is 32.2. The molecule has 0 radical (unpaired) electrons. The minimum absolute atomic E-state index is 0.0904. The Morgan fingerprint density at radius 2 is 2.21 bits per heavy atom. The van der Waals surface area contributed by atoms with Gasteiger partial charge in [-0.15, -0.1) is 0 Å². The van der Waals surface area contributed by atoms with Crippen molar-refractivity contribution in [2.75, 3.05) is 19.9 Å². The molecule has 2 rings (SSSR count). The Balaban J connectivity index is 1.72. The largest absolute Gasteiger partial charge is 0.469 e. The molecule has 1 N–H and O–H groups in total. The van der Waals surface area contributed by atoms with Crippen LogP contribution < -0.4 is 5.32 Å². The minimum Gasteiger partial charge on any atom is -0.469 e. The quantitative estimate of drug-likeness (QED) is 0.743. The van der Waals surface area contributed by atoms with Gasteiger partial charge in [0.05, 0.1) is 25.8 Å². The maximum atomic E-state index is 11.3. The van der Waals surface area contributed by atoms with Crippen LogP contribution in [0.3, 0.4) is 0 Å². The van der Waals surface area contributed by atoms with Gasteiger partial charge in [-0.05, 0) is 43.2 Å². The molecule has 1 fully saturated rings. The van der Waals surface area contributed by atoms with E-state index in [0.29, 0.717) is 6.42 Å². The lowest BCUT2D eigenvalue weighted by Gasteiger charge is -2.12. The van der Waals surface area contributed by atoms with E-state index in [1.807, 2.05) is 30.9 Å².